The molecule has 2 aromatic carbocycles. The summed E-state index contributed by atoms with van der Waals surface area (Å²) in [5.74, 6) is -0.0257. The maximum absolute atomic E-state index is 12.8. The van der Waals surface area contributed by atoms with Gasteiger partial charge in [0.05, 0.1) is 22.4 Å². The summed E-state index contributed by atoms with van der Waals surface area (Å²) in [4.78, 5) is 12.3. The van der Waals surface area contributed by atoms with E-state index in [-0.39, 0.29) is 27.5 Å². The number of carbonyl (C=O) groups excluding carboxylic acids is 1. The van der Waals surface area contributed by atoms with Crippen molar-refractivity contribution in [1.29, 1.82) is 0 Å². The number of alkyl halides is 3. The molecule has 0 fully saturated rings. The van der Waals surface area contributed by atoms with Gasteiger partial charge in [-0.05, 0) is 62.5 Å². The molecule has 0 aliphatic rings. The molecule has 0 atom stereocenters. The minimum Gasteiger partial charge on any atom is -0.491 e. The minimum atomic E-state index is -4.53. The van der Waals surface area contributed by atoms with Crippen LogP contribution in [0.1, 0.15) is 29.8 Å². The van der Waals surface area contributed by atoms with Crippen LogP contribution in [0.3, 0.4) is 0 Å². The van der Waals surface area contributed by atoms with Crippen LogP contribution in [0.2, 0.25) is 5.02 Å². The van der Waals surface area contributed by atoms with Crippen LogP contribution in [0, 0.1) is 0 Å². The highest BCUT2D eigenvalue weighted by Gasteiger charge is 2.31. The number of rotatable bonds is 4. The lowest BCUT2D eigenvalue weighted by molar-refractivity contribution is -0.137. The fourth-order valence-corrected chi connectivity index (χ4v) is 2.48. The second kappa shape index (κ2) is 8.58. The van der Waals surface area contributed by atoms with Gasteiger partial charge in [-0.3, -0.25) is 10.1 Å². The summed E-state index contributed by atoms with van der Waals surface area (Å²) >= 11 is 10.9. The van der Waals surface area contributed by atoms with E-state index in [1.807, 2.05) is 13.8 Å². The molecule has 0 aromatic heterocycles. The Morgan fingerprint density at radius 1 is 1.19 bits per heavy atom. The Morgan fingerprint density at radius 3 is 2.52 bits per heavy atom. The second-order valence-corrected chi connectivity index (χ2v) is 6.61. The van der Waals surface area contributed by atoms with Crippen molar-refractivity contribution < 1.29 is 22.7 Å². The second-order valence-electron chi connectivity index (χ2n) is 5.80. The Kier molecular flexibility index (Phi) is 6.67. The van der Waals surface area contributed by atoms with E-state index in [1.165, 1.54) is 6.07 Å². The van der Waals surface area contributed by atoms with Crippen molar-refractivity contribution in [3.63, 3.8) is 0 Å². The van der Waals surface area contributed by atoms with Gasteiger partial charge >= 0.3 is 6.18 Å². The zero-order valence-electron chi connectivity index (χ0n) is 14.4. The van der Waals surface area contributed by atoms with Gasteiger partial charge in [0.1, 0.15) is 5.75 Å². The minimum absolute atomic E-state index is 0.0342. The van der Waals surface area contributed by atoms with Gasteiger partial charge in [-0.15, -0.1) is 0 Å². The first-order chi connectivity index (χ1) is 12.6. The third-order valence-corrected chi connectivity index (χ3v) is 3.77. The third-order valence-electron chi connectivity index (χ3n) is 3.24. The number of benzene rings is 2. The van der Waals surface area contributed by atoms with Crippen LogP contribution >= 0.6 is 23.8 Å². The molecule has 0 aliphatic carbocycles. The Balaban J connectivity index is 2.09. The van der Waals surface area contributed by atoms with Crippen molar-refractivity contribution in [2.24, 2.45) is 0 Å². The van der Waals surface area contributed by atoms with E-state index >= 15 is 0 Å². The van der Waals surface area contributed by atoms with Gasteiger partial charge in [0.25, 0.3) is 5.91 Å². The number of anilines is 1. The van der Waals surface area contributed by atoms with Gasteiger partial charge in [0, 0.05) is 5.56 Å². The van der Waals surface area contributed by atoms with Crippen LogP contribution in [-0.4, -0.2) is 17.1 Å². The molecule has 0 saturated heterocycles. The molecule has 1 amide bonds. The maximum atomic E-state index is 12.8. The van der Waals surface area contributed by atoms with Gasteiger partial charge in [-0.25, -0.2) is 0 Å². The molecular formula is C18H16ClF3N2O2S. The number of carbonyl (C=O) groups is 1. The largest absolute Gasteiger partial charge is 0.491 e. The number of hydrogen-bond acceptors (Lipinski definition) is 3. The summed E-state index contributed by atoms with van der Waals surface area (Å²) in [7, 11) is 0. The van der Waals surface area contributed by atoms with E-state index in [2.05, 4.69) is 10.6 Å². The lowest BCUT2D eigenvalue weighted by atomic mass is 10.2. The Hall–Kier alpha value is -2.32. The quantitative estimate of drug-likeness (QED) is 0.666. The summed E-state index contributed by atoms with van der Waals surface area (Å²) in [5.41, 5.74) is -0.664. The highest BCUT2D eigenvalue weighted by molar-refractivity contribution is 7.80. The molecule has 2 N–H and O–H groups in total. The lowest BCUT2D eigenvalue weighted by Crippen LogP contribution is -2.34. The average molecular weight is 417 g/mol. The predicted octanol–water partition coefficient (Wildman–Crippen LogP) is 5.27. The fraction of sp³-hybridized carbons (Fsp3) is 0.222. The molecule has 0 aliphatic heterocycles. The van der Waals surface area contributed by atoms with E-state index in [9.17, 15) is 18.0 Å². The maximum Gasteiger partial charge on any atom is 0.416 e. The van der Waals surface area contributed by atoms with Crippen molar-refractivity contribution in [2.75, 3.05) is 5.32 Å². The number of thiocarbonyl (C=S) groups is 1. The van der Waals surface area contributed by atoms with Crippen molar-refractivity contribution in [2.45, 2.75) is 26.1 Å². The van der Waals surface area contributed by atoms with Gasteiger partial charge in [0.15, 0.2) is 5.11 Å². The Morgan fingerprint density at radius 2 is 1.89 bits per heavy atom. The molecule has 27 heavy (non-hydrogen) atoms. The average Bonchev–Trinajstić information content (AvgIpc) is 2.55. The first-order valence-corrected chi connectivity index (χ1v) is 8.60. The number of halogens is 4. The van der Waals surface area contributed by atoms with Gasteiger partial charge in [-0.1, -0.05) is 17.7 Å². The van der Waals surface area contributed by atoms with Crippen LogP contribution in [-0.2, 0) is 6.18 Å². The van der Waals surface area contributed by atoms with Crippen molar-refractivity contribution >= 4 is 40.5 Å². The summed E-state index contributed by atoms with van der Waals surface area (Å²) < 4.78 is 43.9. The van der Waals surface area contributed by atoms with Crippen molar-refractivity contribution in [1.82, 2.24) is 5.32 Å². The van der Waals surface area contributed by atoms with E-state index in [0.717, 1.165) is 18.2 Å². The van der Waals surface area contributed by atoms with Crippen LogP contribution < -0.4 is 15.4 Å². The SMILES string of the molecule is CC(C)Oc1cccc(C(=O)NC(=S)Nc2cc(C(F)(F)F)ccc2Cl)c1. The third kappa shape index (κ3) is 6.11. The van der Waals surface area contributed by atoms with Crippen LogP contribution in [0.25, 0.3) is 0 Å². The normalized spacial score (nSPS) is 11.2. The van der Waals surface area contributed by atoms with Gasteiger partial charge in [0.2, 0.25) is 0 Å². The molecule has 4 nitrogen and oxygen atoms in total. The molecular weight excluding hydrogens is 401 g/mol. The highest BCUT2D eigenvalue weighted by Crippen LogP contribution is 2.33. The number of amides is 1. The Bertz CT molecular complexity index is 857. The van der Waals surface area contributed by atoms with Crippen LogP contribution in [0.5, 0.6) is 5.75 Å². The molecule has 0 heterocycles. The van der Waals surface area contributed by atoms with Crippen LogP contribution in [0.15, 0.2) is 42.5 Å². The standard InChI is InChI=1S/C18H16ClF3N2O2S/c1-10(2)26-13-5-3-4-11(8-13)16(25)24-17(27)23-15-9-12(18(20,21)22)6-7-14(15)19/h3-10H,1-2H3,(H2,23,24,25,27). The Labute approximate surface area is 164 Å². The molecule has 0 spiro atoms. The first kappa shape index (κ1) is 21.0. The zero-order valence-corrected chi connectivity index (χ0v) is 15.9. The molecule has 144 valence electrons. The predicted molar refractivity (Wildman–Crippen MR) is 102 cm³/mol. The van der Waals surface area contributed by atoms with Crippen molar-refractivity contribution in [3.05, 3.63) is 58.6 Å². The molecule has 2 aromatic rings. The topological polar surface area (TPSA) is 50.4 Å². The summed E-state index contributed by atoms with van der Waals surface area (Å²) in [6.07, 6.45) is -4.59. The summed E-state index contributed by atoms with van der Waals surface area (Å²) in [6, 6.07) is 9.22. The first-order valence-electron chi connectivity index (χ1n) is 7.82. The fourth-order valence-electron chi connectivity index (χ4n) is 2.11. The number of hydrogen-bond donors (Lipinski definition) is 2. The van der Waals surface area contributed by atoms with E-state index in [1.54, 1.807) is 18.2 Å². The molecule has 0 saturated carbocycles. The van der Waals surface area contributed by atoms with Crippen LogP contribution in [0.4, 0.5) is 18.9 Å². The molecule has 0 unspecified atom stereocenters. The molecule has 0 bridgehead atoms. The lowest BCUT2D eigenvalue weighted by Gasteiger charge is -2.14. The number of ether oxygens (including phenoxy) is 1. The monoisotopic (exact) mass is 416 g/mol. The van der Waals surface area contributed by atoms with E-state index in [4.69, 9.17) is 28.6 Å². The molecule has 9 heteroatoms. The van der Waals surface area contributed by atoms with E-state index in [0.29, 0.717) is 5.75 Å². The van der Waals surface area contributed by atoms with Gasteiger partial charge in [-0.2, -0.15) is 13.2 Å². The number of nitrogens with one attached hydrogen (secondary N) is 2. The zero-order chi connectivity index (χ0) is 20.2. The summed E-state index contributed by atoms with van der Waals surface area (Å²) in [5, 5.41) is 4.75. The summed E-state index contributed by atoms with van der Waals surface area (Å²) in [6.45, 7) is 3.70. The molecule has 2 rings (SSSR count). The highest BCUT2D eigenvalue weighted by atomic mass is 35.5. The van der Waals surface area contributed by atoms with E-state index < -0.39 is 17.6 Å². The molecule has 0 radical (unpaired) electrons. The smallest absolute Gasteiger partial charge is 0.416 e. The van der Waals surface area contributed by atoms with Gasteiger partial charge < -0.3 is 10.1 Å². The van der Waals surface area contributed by atoms with Crippen molar-refractivity contribution in [3.8, 4) is 5.75 Å².